The van der Waals surface area contributed by atoms with Crippen molar-refractivity contribution in [3.05, 3.63) is 12.2 Å². The molecular formula is C11H18O5. The van der Waals surface area contributed by atoms with Crippen molar-refractivity contribution in [3.8, 4) is 0 Å². The van der Waals surface area contributed by atoms with Gasteiger partial charge in [-0.3, -0.25) is 9.59 Å². The second-order valence-corrected chi connectivity index (χ2v) is 3.13. The van der Waals surface area contributed by atoms with Crippen molar-refractivity contribution < 1.29 is 24.2 Å². The van der Waals surface area contributed by atoms with Crippen molar-refractivity contribution in [1.29, 1.82) is 0 Å². The van der Waals surface area contributed by atoms with Gasteiger partial charge in [0.2, 0.25) is 0 Å². The van der Waals surface area contributed by atoms with Crippen LogP contribution in [0.3, 0.4) is 0 Å². The molecule has 0 saturated heterocycles. The zero-order chi connectivity index (χ0) is 12.2. The number of ketones is 1. The molecule has 0 aliphatic carbocycles. The van der Waals surface area contributed by atoms with Crippen molar-refractivity contribution in [2.75, 3.05) is 26.4 Å². The molecule has 0 atom stereocenters. The van der Waals surface area contributed by atoms with Crippen LogP contribution < -0.4 is 0 Å². The highest BCUT2D eigenvalue weighted by molar-refractivity contribution is 5.80. The van der Waals surface area contributed by atoms with Gasteiger partial charge in [-0.25, -0.2) is 0 Å². The van der Waals surface area contributed by atoms with Gasteiger partial charge in [-0.1, -0.05) is 19.1 Å². The second-order valence-electron chi connectivity index (χ2n) is 3.13. The minimum absolute atomic E-state index is 0.00112. The predicted octanol–water partition coefficient (Wildman–Crippen LogP) is 1.03. The first-order valence-electron chi connectivity index (χ1n) is 5.20. The van der Waals surface area contributed by atoms with Crippen LogP contribution >= 0.6 is 0 Å². The summed E-state index contributed by atoms with van der Waals surface area (Å²) in [7, 11) is 0. The monoisotopic (exact) mass is 230 g/mol. The summed E-state index contributed by atoms with van der Waals surface area (Å²) < 4.78 is 9.90. The van der Waals surface area contributed by atoms with Gasteiger partial charge in [0.15, 0.2) is 5.78 Å². The number of carbonyl (C=O) groups excluding carboxylic acids is 1. The Morgan fingerprint density at radius 3 is 2.50 bits per heavy atom. The maximum absolute atomic E-state index is 11.1. The van der Waals surface area contributed by atoms with E-state index in [0.29, 0.717) is 6.61 Å². The Balaban J connectivity index is 3.31. The number of Topliss-reactive ketones (excluding diaryl/α,β-unsaturated/α-hetero) is 1. The lowest BCUT2D eigenvalue weighted by molar-refractivity contribution is -0.139. The predicted molar refractivity (Wildman–Crippen MR) is 58.3 cm³/mol. The summed E-state index contributed by atoms with van der Waals surface area (Å²) in [6.07, 6.45) is 4.65. The molecule has 0 fully saturated rings. The molecule has 16 heavy (non-hydrogen) atoms. The molecule has 0 aromatic rings. The largest absolute Gasteiger partial charge is 0.481 e. The van der Waals surface area contributed by atoms with Gasteiger partial charge < -0.3 is 14.6 Å². The first kappa shape index (κ1) is 14.8. The fraction of sp³-hybridized carbons (Fsp3) is 0.636. The Bertz CT molecular complexity index is 235. The van der Waals surface area contributed by atoms with Gasteiger partial charge in [0, 0.05) is 0 Å². The van der Waals surface area contributed by atoms with E-state index in [1.54, 1.807) is 0 Å². The van der Waals surface area contributed by atoms with E-state index in [1.165, 1.54) is 0 Å². The number of hydrogen-bond acceptors (Lipinski definition) is 4. The molecule has 0 saturated carbocycles. The van der Waals surface area contributed by atoms with E-state index < -0.39 is 5.97 Å². The molecule has 5 heteroatoms. The Kier molecular flexibility index (Phi) is 9.55. The standard InChI is InChI=1S/C11H18O5/c1-2-3-4-6-15-8-10(12)9-16-7-5-11(13)14/h3-4H,2,5-9H2,1H3,(H,13,14)/b4-3-. The van der Waals surface area contributed by atoms with E-state index >= 15 is 0 Å². The number of carboxylic acids is 1. The maximum Gasteiger partial charge on any atom is 0.305 e. The maximum atomic E-state index is 11.1. The van der Waals surface area contributed by atoms with Gasteiger partial charge in [-0.05, 0) is 6.42 Å². The molecule has 0 aliphatic heterocycles. The summed E-state index contributed by atoms with van der Waals surface area (Å²) in [5.41, 5.74) is 0. The normalized spacial score (nSPS) is 10.8. The van der Waals surface area contributed by atoms with Gasteiger partial charge in [0.1, 0.15) is 13.2 Å². The number of carboxylic acid groups (broad SMARTS) is 1. The summed E-state index contributed by atoms with van der Waals surface area (Å²) in [6, 6.07) is 0. The van der Waals surface area contributed by atoms with Crippen LogP contribution in [0, 0.1) is 0 Å². The number of carbonyl (C=O) groups is 2. The average molecular weight is 230 g/mol. The molecule has 0 rings (SSSR count). The average Bonchev–Trinajstić information content (AvgIpc) is 2.24. The third kappa shape index (κ3) is 10.9. The Morgan fingerprint density at radius 2 is 1.88 bits per heavy atom. The molecule has 5 nitrogen and oxygen atoms in total. The Morgan fingerprint density at radius 1 is 1.19 bits per heavy atom. The van der Waals surface area contributed by atoms with E-state index in [-0.39, 0.29) is 32.0 Å². The summed E-state index contributed by atoms with van der Waals surface area (Å²) >= 11 is 0. The number of allylic oxidation sites excluding steroid dienone is 1. The van der Waals surface area contributed by atoms with E-state index in [4.69, 9.17) is 14.6 Å². The summed E-state index contributed by atoms with van der Waals surface area (Å²) in [5.74, 6) is -1.12. The minimum atomic E-state index is -0.937. The molecule has 0 aliphatic rings. The van der Waals surface area contributed by atoms with E-state index in [0.717, 1.165) is 6.42 Å². The molecular weight excluding hydrogens is 212 g/mol. The molecule has 0 bridgehead atoms. The molecule has 0 aromatic heterocycles. The molecule has 1 N–H and O–H groups in total. The van der Waals surface area contributed by atoms with E-state index in [2.05, 4.69) is 0 Å². The van der Waals surface area contributed by atoms with Crippen LogP contribution in [0.25, 0.3) is 0 Å². The Hall–Kier alpha value is -1.20. The highest BCUT2D eigenvalue weighted by Gasteiger charge is 2.02. The van der Waals surface area contributed by atoms with Crippen molar-refractivity contribution in [3.63, 3.8) is 0 Å². The number of hydrogen-bond donors (Lipinski definition) is 1. The molecule has 0 radical (unpaired) electrons. The fourth-order valence-corrected chi connectivity index (χ4v) is 0.863. The van der Waals surface area contributed by atoms with Crippen molar-refractivity contribution in [2.45, 2.75) is 19.8 Å². The van der Waals surface area contributed by atoms with Crippen molar-refractivity contribution >= 4 is 11.8 Å². The zero-order valence-corrected chi connectivity index (χ0v) is 9.48. The van der Waals surface area contributed by atoms with Crippen LogP contribution in [0.1, 0.15) is 19.8 Å². The van der Waals surface area contributed by atoms with Crippen LogP contribution in [-0.4, -0.2) is 43.3 Å². The van der Waals surface area contributed by atoms with E-state index in [9.17, 15) is 9.59 Å². The minimum Gasteiger partial charge on any atom is -0.481 e. The SMILES string of the molecule is CC/C=C\COCC(=O)COCCC(=O)O. The molecule has 0 aromatic carbocycles. The highest BCUT2D eigenvalue weighted by Crippen LogP contribution is 1.86. The third-order valence-corrected chi connectivity index (χ3v) is 1.60. The fourth-order valence-electron chi connectivity index (χ4n) is 0.863. The van der Waals surface area contributed by atoms with Gasteiger partial charge >= 0.3 is 5.97 Å². The summed E-state index contributed by atoms with van der Waals surface area (Å²) in [4.78, 5) is 21.2. The van der Waals surface area contributed by atoms with Crippen LogP contribution in [0.4, 0.5) is 0 Å². The molecule has 0 amide bonds. The molecule has 0 spiro atoms. The van der Waals surface area contributed by atoms with Crippen molar-refractivity contribution in [2.24, 2.45) is 0 Å². The Labute approximate surface area is 95.0 Å². The molecule has 0 heterocycles. The number of ether oxygens (including phenoxy) is 2. The summed E-state index contributed by atoms with van der Waals surface area (Å²) in [6.45, 7) is 2.38. The third-order valence-electron chi connectivity index (χ3n) is 1.60. The van der Waals surface area contributed by atoms with Crippen LogP contribution in [0.15, 0.2) is 12.2 Å². The van der Waals surface area contributed by atoms with Crippen LogP contribution in [0.2, 0.25) is 0 Å². The highest BCUT2D eigenvalue weighted by atomic mass is 16.5. The molecule has 92 valence electrons. The van der Waals surface area contributed by atoms with Crippen molar-refractivity contribution in [1.82, 2.24) is 0 Å². The molecule has 0 unspecified atom stereocenters. The number of rotatable bonds is 10. The smallest absolute Gasteiger partial charge is 0.305 e. The lowest BCUT2D eigenvalue weighted by atomic mass is 10.4. The van der Waals surface area contributed by atoms with Gasteiger partial charge in [-0.2, -0.15) is 0 Å². The first-order valence-corrected chi connectivity index (χ1v) is 5.20. The lowest BCUT2D eigenvalue weighted by Crippen LogP contribution is -2.16. The zero-order valence-electron chi connectivity index (χ0n) is 9.48. The van der Waals surface area contributed by atoms with E-state index in [1.807, 2.05) is 19.1 Å². The lowest BCUT2D eigenvalue weighted by Gasteiger charge is -2.02. The van der Waals surface area contributed by atoms with Gasteiger partial charge in [0.05, 0.1) is 19.6 Å². The van der Waals surface area contributed by atoms with Gasteiger partial charge in [0.25, 0.3) is 0 Å². The second kappa shape index (κ2) is 10.3. The topological polar surface area (TPSA) is 72.8 Å². The van der Waals surface area contributed by atoms with Gasteiger partial charge in [-0.15, -0.1) is 0 Å². The van der Waals surface area contributed by atoms with Crippen LogP contribution in [-0.2, 0) is 19.1 Å². The quantitative estimate of drug-likeness (QED) is 0.448. The van der Waals surface area contributed by atoms with Crippen LogP contribution in [0.5, 0.6) is 0 Å². The summed E-state index contributed by atoms with van der Waals surface area (Å²) in [5, 5.41) is 8.31. The number of aliphatic carboxylic acids is 1. The first-order chi connectivity index (χ1) is 7.66.